The summed E-state index contributed by atoms with van der Waals surface area (Å²) >= 11 is 6.05. The molecule has 0 saturated heterocycles. The number of carbonyl (C=O) groups excluding carboxylic acids is 1. The van der Waals surface area contributed by atoms with Crippen molar-refractivity contribution in [2.45, 2.75) is 39.0 Å². The summed E-state index contributed by atoms with van der Waals surface area (Å²) in [6.45, 7) is 2.47. The second-order valence-corrected chi connectivity index (χ2v) is 5.42. The number of hydrogen-bond acceptors (Lipinski definition) is 1. The Morgan fingerprint density at radius 1 is 1.37 bits per heavy atom. The van der Waals surface area contributed by atoms with E-state index in [1.54, 1.807) is 11.0 Å². The zero-order valence-corrected chi connectivity index (χ0v) is 11.9. The predicted molar refractivity (Wildman–Crippen MR) is 76.0 cm³/mol. The van der Waals surface area contributed by atoms with E-state index in [0.29, 0.717) is 17.3 Å². The Bertz CT molecular complexity index is 457. The first-order chi connectivity index (χ1) is 9.13. The van der Waals surface area contributed by atoms with Gasteiger partial charge in [-0.05, 0) is 38.0 Å². The van der Waals surface area contributed by atoms with Crippen LogP contribution >= 0.6 is 11.6 Å². The molecule has 1 aromatic rings. The van der Waals surface area contributed by atoms with Crippen molar-refractivity contribution < 1.29 is 9.18 Å². The van der Waals surface area contributed by atoms with Crippen LogP contribution in [0, 0.1) is 11.7 Å². The van der Waals surface area contributed by atoms with E-state index >= 15 is 0 Å². The highest BCUT2D eigenvalue weighted by Gasteiger charge is 2.27. The summed E-state index contributed by atoms with van der Waals surface area (Å²) in [4.78, 5) is 14.2. The molecule has 1 amide bonds. The summed E-state index contributed by atoms with van der Waals surface area (Å²) in [7, 11) is 0. The molecule has 1 aromatic carbocycles. The van der Waals surface area contributed by atoms with Gasteiger partial charge in [-0.2, -0.15) is 0 Å². The SMILES string of the molecule is CCN(C(=O)C1CCCCC1)c1ccc(F)cc1Cl. The summed E-state index contributed by atoms with van der Waals surface area (Å²) < 4.78 is 13.1. The molecule has 4 heteroatoms. The lowest BCUT2D eigenvalue weighted by Gasteiger charge is -2.29. The standard InChI is InChI=1S/C15H19ClFNO/c1-2-18(14-9-8-12(17)10-13(14)16)15(19)11-6-4-3-5-7-11/h8-11H,2-7H2,1H3. The number of anilines is 1. The van der Waals surface area contributed by atoms with E-state index in [0.717, 1.165) is 25.7 Å². The minimum atomic E-state index is -0.380. The fourth-order valence-electron chi connectivity index (χ4n) is 2.71. The Hall–Kier alpha value is -1.09. The first kappa shape index (κ1) is 14.3. The molecule has 1 aliphatic rings. The topological polar surface area (TPSA) is 20.3 Å². The third-order valence-electron chi connectivity index (χ3n) is 3.74. The highest BCUT2D eigenvalue weighted by Crippen LogP contribution is 2.31. The van der Waals surface area contributed by atoms with Crippen LogP contribution in [0.4, 0.5) is 10.1 Å². The van der Waals surface area contributed by atoms with Gasteiger partial charge >= 0.3 is 0 Å². The van der Waals surface area contributed by atoms with Crippen LogP contribution in [-0.4, -0.2) is 12.5 Å². The van der Waals surface area contributed by atoms with Gasteiger partial charge in [0.05, 0.1) is 10.7 Å². The lowest BCUT2D eigenvalue weighted by molar-refractivity contribution is -0.123. The van der Waals surface area contributed by atoms with Crippen molar-refractivity contribution in [1.82, 2.24) is 0 Å². The second-order valence-electron chi connectivity index (χ2n) is 5.01. The van der Waals surface area contributed by atoms with E-state index in [2.05, 4.69) is 0 Å². The normalized spacial score (nSPS) is 16.4. The summed E-state index contributed by atoms with van der Waals surface area (Å²) in [5.41, 5.74) is 0.612. The fraction of sp³-hybridized carbons (Fsp3) is 0.533. The number of carbonyl (C=O) groups is 1. The van der Waals surface area contributed by atoms with Crippen molar-refractivity contribution in [3.63, 3.8) is 0 Å². The summed E-state index contributed by atoms with van der Waals surface area (Å²) in [6.07, 6.45) is 5.35. The van der Waals surface area contributed by atoms with E-state index in [4.69, 9.17) is 11.6 Å². The molecule has 1 aliphatic carbocycles. The Morgan fingerprint density at radius 2 is 2.05 bits per heavy atom. The van der Waals surface area contributed by atoms with E-state index in [1.807, 2.05) is 6.92 Å². The molecule has 1 fully saturated rings. The highest BCUT2D eigenvalue weighted by molar-refractivity contribution is 6.33. The number of benzene rings is 1. The maximum Gasteiger partial charge on any atom is 0.230 e. The predicted octanol–water partition coefficient (Wildman–Crippen LogP) is 4.41. The van der Waals surface area contributed by atoms with Crippen LogP contribution in [0.5, 0.6) is 0 Å². The molecule has 2 rings (SSSR count). The molecule has 1 saturated carbocycles. The van der Waals surface area contributed by atoms with Crippen molar-refractivity contribution in [3.8, 4) is 0 Å². The van der Waals surface area contributed by atoms with Crippen LogP contribution in [0.1, 0.15) is 39.0 Å². The number of nitrogens with zero attached hydrogens (tertiary/aromatic N) is 1. The lowest BCUT2D eigenvalue weighted by Crippen LogP contribution is -2.37. The van der Waals surface area contributed by atoms with Crippen LogP contribution in [0.3, 0.4) is 0 Å². The van der Waals surface area contributed by atoms with Gasteiger partial charge in [-0.3, -0.25) is 4.79 Å². The molecule has 0 N–H and O–H groups in total. The minimum absolute atomic E-state index is 0.0924. The molecule has 0 heterocycles. The van der Waals surface area contributed by atoms with Crippen LogP contribution in [-0.2, 0) is 4.79 Å². The van der Waals surface area contributed by atoms with Gasteiger partial charge in [0.1, 0.15) is 5.82 Å². The Balaban J connectivity index is 2.20. The summed E-state index contributed by atoms with van der Waals surface area (Å²) in [5.74, 6) is -0.166. The number of halogens is 2. The maximum atomic E-state index is 13.1. The summed E-state index contributed by atoms with van der Waals surface area (Å²) in [6, 6.07) is 4.19. The quantitative estimate of drug-likeness (QED) is 0.804. The Morgan fingerprint density at radius 3 is 2.63 bits per heavy atom. The van der Waals surface area contributed by atoms with Gasteiger partial charge in [0, 0.05) is 12.5 Å². The number of hydrogen-bond donors (Lipinski definition) is 0. The molecular weight excluding hydrogens is 265 g/mol. The Labute approximate surface area is 118 Å². The van der Waals surface area contributed by atoms with Gasteiger partial charge in [0.15, 0.2) is 0 Å². The fourth-order valence-corrected chi connectivity index (χ4v) is 2.98. The van der Waals surface area contributed by atoms with Crippen molar-refractivity contribution in [1.29, 1.82) is 0 Å². The van der Waals surface area contributed by atoms with E-state index in [-0.39, 0.29) is 17.6 Å². The van der Waals surface area contributed by atoms with E-state index in [1.165, 1.54) is 18.6 Å². The van der Waals surface area contributed by atoms with Crippen LogP contribution in [0.25, 0.3) is 0 Å². The Kier molecular flexibility index (Phi) is 4.81. The molecular formula is C15H19ClFNO. The maximum absolute atomic E-state index is 13.1. The molecule has 0 aromatic heterocycles. The summed E-state index contributed by atoms with van der Waals surface area (Å²) in [5, 5.41) is 0.297. The van der Waals surface area contributed by atoms with Gasteiger partial charge < -0.3 is 4.90 Å². The largest absolute Gasteiger partial charge is 0.311 e. The van der Waals surface area contributed by atoms with Gasteiger partial charge in [-0.1, -0.05) is 30.9 Å². The van der Waals surface area contributed by atoms with Gasteiger partial charge in [-0.25, -0.2) is 4.39 Å². The zero-order chi connectivity index (χ0) is 13.8. The molecule has 2 nitrogen and oxygen atoms in total. The molecule has 0 spiro atoms. The molecule has 0 unspecified atom stereocenters. The van der Waals surface area contributed by atoms with Crippen LogP contribution in [0.2, 0.25) is 5.02 Å². The van der Waals surface area contributed by atoms with E-state index < -0.39 is 0 Å². The molecule has 0 atom stereocenters. The first-order valence-electron chi connectivity index (χ1n) is 6.90. The molecule has 0 aliphatic heterocycles. The molecule has 104 valence electrons. The highest BCUT2D eigenvalue weighted by atomic mass is 35.5. The third-order valence-corrected chi connectivity index (χ3v) is 4.04. The molecule has 0 bridgehead atoms. The van der Waals surface area contributed by atoms with Gasteiger partial charge in [-0.15, -0.1) is 0 Å². The average molecular weight is 284 g/mol. The van der Waals surface area contributed by atoms with Crippen molar-refractivity contribution in [3.05, 3.63) is 29.0 Å². The average Bonchev–Trinajstić information content (AvgIpc) is 2.42. The minimum Gasteiger partial charge on any atom is -0.311 e. The second kappa shape index (κ2) is 6.38. The zero-order valence-electron chi connectivity index (χ0n) is 11.2. The molecule has 19 heavy (non-hydrogen) atoms. The van der Waals surface area contributed by atoms with Gasteiger partial charge in [0.2, 0.25) is 5.91 Å². The first-order valence-corrected chi connectivity index (χ1v) is 7.27. The molecule has 0 radical (unpaired) electrons. The van der Waals surface area contributed by atoms with Crippen molar-refractivity contribution in [2.75, 3.05) is 11.4 Å². The van der Waals surface area contributed by atoms with Crippen molar-refractivity contribution in [2.24, 2.45) is 5.92 Å². The number of rotatable bonds is 3. The third kappa shape index (κ3) is 3.27. The van der Waals surface area contributed by atoms with Crippen LogP contribution in [0.15, 0.2) is 18.2 Å². The van der Waals surface area contributed by atoms with Gasteiger partial charge in [0.25, 0.3) is 0 Å². The van der Waals surface area contributed by atoms with Crippen molar-refractivity contribution >= 4 is 23.2 Å². The smallest absolute Gasteiger partial charge is 0.230 e. The monoisotopic (exact) mass is 283 g/mol. The van der Waals surface area contributed by atoms with Crippen LogP contribution < -0.4 is 4.90 Å². The lowest BCUT2D eigenvalue weighted by atomic mass is 9.88. The van der Waals surface area contributed by atoms with E-state index in [9.17, 15) is 9.18 Å². The number of amides is 1.